The van der Waals surface area contributed by atoms with Crippen molar-refractivity contribution in [2.45, 2.75) is 31.6 Å². The van der Waals surface area contributed by atoms with Crippen LogP contribution in [0.3, 0.4) is 0 Å². The van der Waals surface area contributed by atoms with Gasteiger partial charge in [0.05, 0.1) is 11.4 Å². The van der Waals surface area contributed by atoms with Gasteiger partial charge in [-0.2, -0.15) is 0 Å². The number of likely N-dealkylation sites (tertiary alicyclic amines) is 1. The molecule has 0 unspecified atom stereocenters. The van der Waals surface area contributed by atoms with Gasteiger partial charge >= 0.3 is 0 Å². The number of nitrogens with zero attached hydrogens (tertiary/aromatic N) is 3. The number of piperidine rings is 1. The fraction of sp³-hybridized carbons (Fsp3) is 0.292. The molecule has 0 radical (unpaired) electrons. The molecule has 0 aliphatic carbocycles. The number of hydrogen-bond donors (Lipinski definition) is 0. The Morgan fingerprint density at radius 1 is 1.03 bits per heavy atom. The largest absolute Gasteiger partial charge is 0.342 e. The van der Waals surface area contributed by atoms with Crippen molar-refractivity contribution in [1.29, 1.82) is 0 Å². The van der Waals surface area contributed by atoms with Crippen molar-refractivity contribution in [3.8, 4) is 11.3 Å². The molecule has 3 aromatic rings. The van der Waals surface area contributed by atoms with E-state index in [0.717, 1.165) is 42.8 Å². The average molecular weight is 389 g/mol. The van der Waals surface area contributed by atoms with Gasteiger partial charge in [-0.3, -0.25) is 14.8 Å². The van der Waals surface area contributed by atoms with E-state index in [1.807, 2.05) is 23.1 Å². The smallest absolute Gasteiger partial charge is 0.222 e. The molecule has 1 aromatic heterocycles. The lowest BCUT2D eigenvalue weighted by molar-refractivity contribution is -0.132. The second-order valence-electron chi connectivity index (χ2n) is 7.46. The first-order valence-corrected chi connectivity index (χ1v) is 10.1. The van der Waals surface area contributed by atoms with E-state index in [1.165, 1.54) is 17.7 Å². The normalized spacial score (nSPS) is 16.6. The topological polar surface area (TPSA) is 46.1 Å². The van der Waals surface area contributed by atoms with Crippen LogP contribution in [0.2, 0.25) is 0 Å². The first-order chi connectivity index (χ1) is 14.2. The summed E-state index contributed by atoms with van der Waals surface area (Å²) in [7, 11) is 0. The molecule has 1 amide bonds. The molecule has 1 fully saturated rings. The summed E-state index contributed by atoms with van der Waals surface area (Å²) in [6.07, 6.45) is 6.54. The van der Waals surface area contributed by atoms with Crippen molar-refractivity contribution in [3.63, 3.8) is 0 Å². The SMILES string of the molecule is O=C(CCc1ccccc1)N1CCC[C@H](c2nccnc2-c2ccc(F)cc2)C1. The summed E-state index contributed by atoms with van der Waals surface area (Å²) < 4.78 is 13.3. The van der Waals surface area contributed by atoms with E-state index >= 15 is 0 Å². The van der Waals surface area contributed by atoms with Gasteiger partial charge in [-0.25, -0.2) is 4.39 Å². The molecule has 1 aliphatic rings. The minimum absolute atomic E-state index is 0.137. The minimum atomic E-state index is -0.271. The van der Waals surface area contributed by atoms with Crippen LogP contribution < -0.4 is 0 Å². The molecule has 4 nitrogen and oxygen atoms in total. The highest BCUT2D eigenvalue weighted by molar-refractivity contribution is 5.76. The van der Waals surface area contributed by atoms with Crippen LogP contribution in [0.4, 0.5) is 4.39 Å². The molecule has 29 heavy (non-hydrogen) atoms. The molecule has 0 N–H and O–H groups in total. The third-order valence-electron chi connectivity index (χ3n) is 5.48. The molecule has 4 rings (SSSR count). The van der Waals surface area contributed by atoms with E-state index in [2.05, 4.69) is 22.1 Å². The second-order valence-corrected chi connectivity index (χ2v) is 7.46. The van der Waals surface area contributed by atoms with Crippen LogP contribution in [0.1, 0.15) is 36.4 Å². The fourth-order valence-electron chi connectivity index (χ4n) is 3.96. The first kappa shape index (κ1) is 19.2. The maximum atomic E-state index is 13.3. The summed E-state index contributed by atoms with van der Waals surface area (Å²) in [4.78, 5) is 23.9. The third kappa shape index (κ3) is 4.67. The molecule has 2 aromatic carbocycles. The standard InChI is InChI=1S/C24H24FN3O/c25-21-11-9-19(10-12-21)23-24(27-15-14-26-23)20-7-4-16-28(17-20)22(29)13-8-18-5-2-1-3-6-18/h1-3,5-6,9-12,14-15,20H,4,7-8,13,16-17H2/t20-/m0/s1. The van der Waals surface area contributed by atoms with Crippen LogP contribution in [-0.4, -0.2) is 33.9 Å². The number of hydrogen-bond acceptors (Lipinski definition) is 3. The van der Waals surface area contributed by atoms with Crippen molar-refractivity contribution < 1.29 is 9.18 Å². The Morgan fingerprint density at radius 3 is 2.59 bits per heavy atom. The number of carbonyl (C=O) groups is 1. The number of halogens is 1. The Labute approximate surface area is 170 Å². The number of rotatable bonds is 5. The van der Waals surface area contributed by atoms with Gasteiger partial charge in [-0.15, -0.1) is 0 Å². The Bertz CT molecular complexity index is 959. The van der Waals surface area contributed by atoms with Crippen molar-refractivity contribution in [2.24, 2.45) is 0 Å². The summed E-state index contributed by atoms with van der Waals surface area (Å²) in [5.41, 5.74) is 3.69. The van der Waals surface area contributed by atoms with Crippen molar-refractivity contribution >= 4 is 5.91 Å². The van der Waals surface area contributed by atoms with E-state index in [4.69, 9.17) is 0 Å². The van der Waals surface area contributed by atoms with Crippen LogP contribution in [0, 0.1) is 5.82 Å². The molecule has 5 heteroatoms. The highest BCUT2D eigenvalue weighted by Crippen LogP contribution is 2.32. The molecule has 0 saturated carbocycles. The Hall–Kier alpha value is -3.08. The molecular weight excluding hydrogens is 365 g/mol. The predicted octanol–water partition coefficient (Wildman–Crippen LogP) is 4.62. The van der Waals surface area contributed by atoms with E-state index in [9.17, 15) is 9.18 Å². The van der Waals surface area contributed by atoms with E-state index < -0.39 is 0 Å². The van der Waals surface area contributed by atoms with E-state index in [-0.39, 0.29) is 17.6 Å². The minimum Gasteiger partial charge on any atom is -0.342 e. The van der Waals surface area contributed by atoms with Gasteiger partial charge < -0.3 is 4.90 Å². The second kappa shape index (κ2) is 8.95. The average Bonchev–Trinajstić information content (AvgIpc) is 2.79. The summed E-state index contributed by atoms with van der Waals surface area (Å²) in [5, 5.41) is 0. The molecule has 1 aliphatic heterocycles. The molecule has 1 atom stereocenters. The summed E-state index contributed by atoms with van der Waals surface area (Å²) in [6, 6.07) is 16.4. The summed E-state index contributed by atoms with van der Waals surface area (Å²) in [6.45, 7) is 1.44. The van der Waals surface area contributed by atoms with Gasteiger partial charge in [0.1, 0.15) is 5.82 Å². The molecule has 1 saturated heterocycles. The Balaban J connectivity index is 1.47. The zero-order valence-corrected chi connectivity index (χ0v) is 16.3. The lowest BCUT2D eigenvalue weighted by Gasteiger charge is -2.33. The van der Waals surface area contributed by atoms with Crippen molar-refractivity contribution in [1.82, 2.24) is 14.9 Å². The quantitative estimate of drug-likeness (QED) is 0.640. The van der Waals surface area contributed by atoms with Gasteiger partial charge in [0.2, 0.25) is 5.91 Å². The maximum absolute atomic E-state index is 13.3. The van der Waals surface area contributed by atoms with Crippen LogP contribution >= 0.6 is 0 Å². The molecule has 2 heterocycles. The lowest BCUT2D eigenvalue weighted by Crippen LogP contribution is -2.39. The lowest BCUT2D eigenvalue weighted by atomic mass is 9.91. The summed E-state index contributed by atoms with van der Waals surface area (Å²) in [5.74, 6) is 0.0519. The van der Waals surface area contributed by atoms with Crippen molar-refractivity contribution in [3.05, 3.63) is 84.1 Å². The monoisotopic (exact) mass is 389 g/mol. The molecule has 148 valence electrons. The van der Waals surface area contributed by atoms with Crippen LogP contribution in [-0.2, 0) is 11.2 Å². The van der Waals surface area contributed by atoms with Crippen LogP contribution in [0.5, 0.6) is 0 Å². The molecule has 0 bridgehead atoms. The van der Waals surface area contributed by atoms with Crippen LogP contribution in [0.15, 0.2) is 67.0 Å². The third-order valence-corrected chi connectivity index (χ3v) is 5.48. The highest BCUT2D eigenvalue weighted by atomic mass is 19.1. The first-order valence-electron chi connectivity index (χ1n) is 10.1. The number of aromatic nitrogens is 2. The van der Waals surface area contributed by atoms with Gasteiger partial charge in [0.25, 0.3) is 0 Å². The maximum Gasteiger partial charge on any atom is 0.222 e. The number of benzene rings is 2. The highest BCUT2D eigenvalue weighted by Gasteiger charge is 2.27. The van der Waals surface area contributed by atoms with E-state index in [0.29, 0.717) is 13.0 Å². The number of amides is 1. The van der Waals surface area contributed by atoms with Gasteiger partial charge in [0.15, 0.2) is 0 Å². The summed E-state index contributed by atoms with van der Waals surface area (Å²) >= 11 is 0. The Morgan fingerprint density at radius 2 is 1.79 bits per heavy atom. The van der Waals surface area contributed by atoms with Gasteiger partial charge in [-0.05, 0) is 49.1 Å². The zero-order chi connectivity index (χ0) is 20.1. The predicted molar refractivity (Wildman–Crippen MR) is 111 cm³/mol. The van der Waals surface area contributed by atoms with Crippen molar-refractivity contribution in [2.75, 3.05) is 13.1 Å². The van der Waals surface area contributed by atoms with Gasteiger partial charge in [-0.1, -0.05) is 30.3 Å². The zero-order valence-electron chi connectivity index (χ0n) is 16.3. The number of carbonyl (C=O) groups excluding carboxylic acids is 1. The van der Waals surface area contributed by atoms with Crippen LogP contribution in [0.25, 0.3) is 11.3 Å². The Kier molecular flexibility index (Phi) is 5.94. The fourth-order valence-corrected chi connectivity index (χ4v) is 3.96. The molecular formula is C24H24FN3O. The van der Waals surface area contributed by atoms with Gasteiger partial charge in [0, 0.05) is 43.4 Å². The number of aryl methyl sites for hydroxylation is 1. The van der Waals surface area contributed by atoms with E-state index in [1.54, 1.807) is 24.5 Å². The molecule has 0 spiro atoms.